The molecule has 0 bridgehead atoms. The molecule has 4 nitrogen and oxygen atoms in total. The largest absolute Gasteiger partial charge is 0.493 e. The lowest BCUT2D eigenvalue weighted by atomic mass is 10.1. The fraction of sp³-hybridized carbons (Fsp3) is 0.357. The van der Waals surface area contributed by atoms with Crippen molar-refractivity contribution in [3.05, 3.63) is 36.1 Å². The first-order valence-electron chi connectivity index (χ1n) is 6.20. The number of para-hydroxylation sites is 1. The van der Waals surface area contributed by atoms with Crippen LogP contribution in [0.15, 0.2) is 34.9 Å². The molecule has 1 aromatic heterocycles. The van der Waals surface area contributed by atoms with Crippen LogP contribution < -0.4 is 10.5 Å². The maximum Gasteiger partial charge on any atom is 0.154 e. The van der Waals surface area contributed by atoms with Crippen LogP contribution in [0.2, 0.25) is 0 Å². The van der Waals surface area contributed by atoms with E-state index in [0.717, 1.165) is 23.4 Å². The molecule has 2 N–H and O–H groups in total. The number of nitrogens with zero attached hydrogens (tertiary/aromatic N) is 1. The zero-order valence-electron chi connectivity index (χ0n) is 10.7. The molecule has 0 aliphatic carbocycles. The van der Waals surface area contributed by atoms with Crippen molar-refractivity contribution in [2.45, 2.75) is 26.3 Å². The van der Waals surface area contributed by atoms with Gasteiger partial charge in [-0.25, -0.2) is 0 Å². The lowest BCUT2D eigenvalue weighted by Gasteiger charge is -2.06. The van der Waals surface area contributed by atoms with Crippen LogP contribution >= 0.6 is 0 Å². The Morgan fingerprint density at radius 1 is 1.33 bits per heavy atom. The number of hydrogen-bond acceptors (Lipinski definition) is 4. The molecule has 0 amide bonds. The molecule has 2 rings (SSSR count). The minimum atomic E-state index is -0.106. The van der Waals surface area contributed by atoms with Gasteiger partial charge in [-0.2, -0.15) is 0 Å². The number of ether oxygens (including phenoxy) is 1. The quantitative estimate of drug-likeness (QED) is 0.880. The summed E-state index contributed by atoms with van der Waals surface area (Å²) >= 11 is 0. The topological polar surface area (TPSA) is 61.3 Å². The van der Waals surface area contributed by atoms with E-state index in [1.54, 1.807) is 0 Å². The fourth-order valence-corrected chi connectivity index (χ4v) is 1.75. The van der Waals surface area contributed by atoms with Crippen molar-refractivity contribution in [3.8, 4) is 17.0 Å². The zero-order chi connectivity index (χ0) is 13.0. The number of hydrogen-bond donors (Lipinski definition) is 1. The van der Waals surface area contributed by atoms with Gasteiger partial charge < -0.3 is 15.0 Å². The maximum atomic E-state index is 5.92. The molecule has 0 aliphatic rings. The predicted molar refractivity (Wildman–Crippen MR) is 70.3 cm³/mol. The van der Waals surface area contributed by atoms with Gasteiger partial charge in [-0.05, 0) is 25.5 Å². The average molecular weight is 246 g/mol. The highest BCUT2D eigenvalue weighted by atomic mass is 16.5. The molecular formula is C14H18N2O2. The van der Waals surface area contributed by atoms with Crippen LogP contribution in [0.5, 0.6) is 5.75 Å². The lowest BCUT2D eigenvalue weighted by Crippen LogP contribution is -2.06. The third-order valence-electron chi connectivity index (χ3n) is 2.80. The molecule has 96 valence electrons. The van der Waals surface area contributed by atoms with Crippen LogP contribution in [0.25, 0.3) is 11.3 Å². The molecular weight excluding hydrogens is 228 g/mol. The Bertz CT molecular complexity index is 508. The zero-order valence-corrected chi connectivity index (χ0v) is 10.7. The van der Waals surface area contributed by atoms with Gasteiger partial charge in [0.05, 0.1) is 12.6 Å². The highest BCUT2D eigenvalue weighted by molar-refractivity contribution is 5.66. The van der Waals surface area contributed by atoms with E-state index < -0.39 is 0 Å². The van der Waals surface area contributed by atoms with E-state index in [1.807, 2.05) is 44.2 Å². The molecule has 1 aromatic carbocycles. The third kappa shape index (κ3) is 2.54. The van der Waals surface area contributed by atoms with E-state index in [2.05, 4.69) is 5.16 Å². The van der Waals surface area contributed by atoms with Crippen LogP contribution in [0.4, 0.5) is 0 Å². The summed E-state index contributed by atoms with van der Waals surface area (Å²) in [6.07, 6.45) is 0.821. The standard InChI is InChI=1S/C14H18N2O2/c1-3-11(15)14-9-12(16-18-14)10-7-5-6-8-13(10)17-4-2/h5-9,11H,3-4,15H2,1-2H3. The van der Waals surface area contributed by atoms with E-state index in [1.165, 1.54) is 0 Å². The second-order valence-electron chi connectivity index (χ2n) is 4.06. The van der Waals surface area contributed by atoms with Gasteiger partial charge in [-0.15, -0.1) is 0 Å². The highest BCUT2D eigenvalue weighted by Gasteiger charge is 2.14. The van der Waals surface area contributed by atoms with Gasteiger partial charge in [0.15, 0.2) is 5.76 Å². The van der Waals surface area contributed by atoms with Gasteiger partial charge in [0, 0.05) is 11.6 Å². The SMILES string of the molecule is CCOc1ccccc1-c1cc(C(N)CC)on1. The first-order chi connectivity index (χ1) is 8.76. The molecule has 1 atom stereocenters. The van der Waals surface area contributed by atoms with Gasteiger partial charge in [0.2, 0.25) is 0 Å². The van der Waals surface area contributed by atoms with Crippen molar-refractivity contribution in [2.75, 3.05) is 6.61 Å². The summed E-state index contributed by atoms with van der Waals surface area (Å²) in [5.41, 5.74) is 7.61. The molecule has 1 unspecified atom stereocenters. The van der Waals surface area contributed by atoms with Crippen molar-refractivity contribution >= 4 is 0 Å². The predicted octanol–water partition coefficient (Wildman–Crippen LogP) is 3.15. The summed E-state index contributed by atoms with van der Waals surface area (Å²) in [6.45, 7) is 4.59. The van der Waals surface area contributed by atoms with Crippen LogP contribution in [-0.2, 0) is 0 Å². The fourth-order valence-electron chi connectivity index (χ4n) is 1.75. The minimum absolute atomic E-state index is 0.106. The Morgan fingerprint density at radius 2 is 2.11 bits per heavy atom. The first kappa shape index (κ1) is 12.6. The van der Waals surface area contributed by atoms with Crippen molar-refractivity contribution in [3.63, 3.8) is 0 Å². The molecule has 0 saturated heterocycles. The van der Waals surface area contributed by atoms with E-state index >= 15 is 0 Å². The van der Waals surface area contributed by atoms with Crippen molar-refractivity contribution in [2.24, 2.45) is 5.73 Å². The first-order valence-corrected chi connectivity index (χ1v) is 6.20. The minimum Gasteiger partial charge on any atom is -0.493 e. The molecule has 1 heterocycles. The van der Waals surface area contributed by atoms with Gasteiger partial charge in [-0.3, -0.25) is 0 Å². The molecule has 0 spiro atoms. The molecule has 0 fully saturated rings. The van der Waals surface area contributed by atoms with E-state index in [-0.39, 0.29) is 6.04 Å². The molecule has 0 aliphatic heterocycles. The Morgan fingerprint density at radius 3 is 2.83 bits per heavy atom. The Balaban J connectivity index is 2.33. The van der Waals surface area contributed by atoms with Crippen molar-refractivity contribution in [1.82, 2.24) is 5.16 Å². The van der Waals surface area contributed by atoms with E-state index in [4.69, 9.17) is 15.0 Å². The number of nitrogens with two attached hydrogens (primary N) is 1. The van der Waals surface area contributed by atoms with Crippen LogP contribution in [0, 0.1) is 0 Å². The summed E-state index contributed by atoms with van der Waals surface area (Å²) < 4.78 is 10.8. The third-order valence-corrected chi connectivity index (χ3v) is 2.80. The van der Waals surface area contributed by atoms with Crippen LogP contribution in [0.1, 0.15) is 32.1 Å². The smallest absolute Gasteiger partial charge is 0.154 e. The van der Waals surface area contributed by atoms with Gasteiger partial charge >= 0.3 is 0 Å². The molecule has 18 heavy (non-hydrogen) atoms. The van der Waals surface area contributed by atoms with Crippen molar-refractivity contribution < 1.29 is 9.26 Å². The summed E-state index contributed by atoms with van der Waals surface area (Å²) in [5.74, 6) is 1.52. The average Bonchev–Trinajstić information content (AvgIpc) is 2.88. The molecule has 0 radical (unpaired) electrons. The Labute approximate surface area is 107 Å². The summed E-state index contributed by atoms with van der Waals surface area (Å²) in [7, 11) is 0. The summed E-state index contributed by atoms with van der Waals surface area (Å²) in [5, 5.41) is 4.06. The molecule has 0 saturated carbocycles. The monoisotopic (exact) mass is 246 g/mol. The Kier molecular flexibility index (Phi) is 3.99. The highest BCUT2D eigenvalue weighted by Crippen LogP contribution is 2.30. The Hall–Kier alpha value is -1.81. The second-order valence-corrected chi connectivity index (χ2v) is 4.06. The van der Waals surface area contributed by atoms with Crippen LogP contribution in [-0.4, -0.2) is 11.8 Å². The lowest BCUT2D eigenvalue weighted by molar-refractivity contribution is 0.340. The van der Waals surface area contributed by atoms with E-state index in [9.17, 15) is 0 Å². The molecule has 2 aromatic rings. The number of aromatic nitrogens is 1. The number of benzene rings is 1. The van der Waals surface area contributed by atoms with Crippen LogP contribution in [0.3, 0.4) is 0 Å². The maximum absolute atomic E-state index is 5.92. The second kappa shape index (κ2) is 5.69. The molecule has 4 heteroatoms. The van der Waals surface area contributed by atoms with Gasteiger partial charge in [0.1, 0.15) is 11.4 Å². The number of rotatable bonds is 5. The normalized spacial score (nSPS) is 12.4. The van der Waals surface area contributed by atoms with Gasteiger partial charge in [0.25, 0.3) is 0 Å². The van der Waals surface area contributed by atoms with Gasteiger partial charge in [-0.1, -0.05) is 24.2 Å². The van der Waals surface area contributed by atoms with E-state index in [0.29, 0.717) is 12.4 Å². The summed E-state index contributed by atoms with van der Waals surface area (Å²) in [4.78, 5) is 0. The summed E-state index contributed by atoms with van der Waals surface area (Å²) in [6, 6.07) is 9.55. The van der Waals surface area contributed by atoms with Crippen molar-refractivity contribution in [1.29, 1.82) is 0 Å².